The fraction of sp³-hybridized carbons (Fsp3) is 0.280. The Morgan fingerprint density at radius 3 is 2.52 bits per heavy atom. The number of hydrogen-bond donors (Lipinski definition) is 1. The summed E-state index contributed by atoms with van der Waals surface area (Å²) in [5.41, 5.74) is 4.82. The van der Waals surface area contributed by atoms with E-state index in [-0.39, 0.29) is 2.85 Å². The SMILES string of the molecule is Cc1ncc(-c2ccnc(C(C)(C)C#N)c2)nc1-c1nnc(-c2ccc(C3CNC3)cc2)o1.[HH].[HH]. The van der Waals surface area contributed by atoms with Gasteiger partial charge in [-0.15, -0.1) is 10.2 Å². The molecule has 1 saturated heterocycles. The van der Waals surface area contributed by atoms with Crippen LogP contribution in [0.2, 0.25) is 0 Å². The van der Waals surface area contributed by atoms with E-state index in [0.29, 0.717) is 40.5 Å². The quantitative estimate of drug-likeness (QED) is 0.480. The molecule has 0 amide bonds. The van der Waals surface area contributed by atoms with Gasteiger partial charge >= 0.3 is 0 Å². The van der Waals surface area contributed by atoms with Gasteiger partial charge < -0.3 is 9.73 Å². The summed E-state index contributed by atoms with van der Waals surface area (Å²) in [5, 5.41) is 21.2. The minimum Gasteiger partial charge on any atom is -0.415 e. The van der Waals surface area contributed by atoms with Crippen molar-refractivity contribution in [2.24, 2.45) is 0 Å². The molecule has 3 aromatic heterocycles. The lowest BCUT2D eigenvalue weighted by Crippen LogP contribution is -2.39. The Bertz CT molecular complexity index is 1360. The van der Waals surface area contributed by atoms with Crippen molar-refractivity contribution in [2.75, 3.05) is 13.1 Å². The number of benzene rings is 1. The van der Waals surface area contributed by atoms with Crippen LogP contribution < -0.4 is 5.32 Å². The van der Waals surface area contributed by atoms with Crippen molar-refractivity contribution in [3.63, 3.8) is 0 Å². The van der Waals surface area contributed by atoms with Crippen molar-refractivity contribution < 1.29 is 7.27 Å². The van der Waals surface area contributed by atoms with Crippen molar-refractivity contribution >= 4 is 0 Å². The third kappa shape index (κ3) is 3.99. The van der Waals surface area contributed by atoms with Gasteiger partial charge in [-0.1, -0.05) is 12.1 Å². The summed E-state index contributed by atoms with van der Waals surface area (Å²) in [4.78, 5) is 13.6. The summed E-state index contributed by atoms with van der Waals surface area (Å²) in [5.74, 6) is 1.33. The van der Waals surface area contributed by atoms with Crippen LogP contribution in [0.3, 0.4) is 0 Å². The second-order valence-electron chi connectivity index (χ2n) is 8.75. The van der Waals surface area contributed by atoms with Crippen molar-refractivity contribution in [1.29, 1.82) is 5.26 Å². The Labute approximate surface area is 194 Å². The number of aromatic nitrogens is 5. The number of aryl methyl sites for hydroxylation is 1. The minimum atomic E-state index is -0.705. The molecule has 5 rings (SSSR count). The molecule has 0 bridgehead atoms. The molecule has 4 heterocycles. The first kappa shape index (κ1) is 20.9. The maximum atomic E-state index is 9.44. The molecular formula is C25H27N7O. The zero-order valence-corrected chi connectivity index (χ0v) is 18.7. The number of rotatable bonds is 5. The Balaban J connectivity index is 0.00000171. The topological polar surface area (TPSA) is 113 Å². The maximum Gasteiger partial charge on any atom is 0.268 e. The number of nitrogens with one attached hydrogen (secondary N) is 1. The summed E-state index contributed by atoms with van der Waals surface area (Å²) >= 11 is 0. The lowest BCUT2D eigenvalue weighted by molar-refractivity contribution is 0.448. The van der Waals surface area contributed by atoms with Gasteiger partial charge in [0.25, 0.3) is 5.89 Å². The molecule has 0 atom stereocenters. The number of hydrogen-bond acceptors (Lipinski definition) is 8. The van der Waals surface area contributed by atoms with E-state index >= 15 is 0 Å². The summed E-state index contributed by atoms with van der Waals surface area (Å²) in [6, 6.07) is 14.2. The molecule has 4 aromatic rings. The van der Waals surface area contributed by atoms with Gasteiger partial charge in [-0.3, -0.25) is 9.97 Å². The third-order valence-electron chi connectivity index (χ3n) is 5.97. The summed E-state index contributed by atoms with van der Waals surface area (Å²) < 4.78 is 5.97. The van der Waals surface area contributed by atoms with E-state index in [1.165, 1.54) is 5.56 Å². The third-order valence-corrected chi connectivity index (χ3v) is 5.97. The molecule has 1 fully saturated rings. The van der Waals surface area contributed by atoms with Crippen molar-refractivity contribution in [2.45, 2.75) is 32.1 Å². The molecule has 1 aromatic carbocycles. The van der Waals surface area contributed by atoms with Gasteiger partial charge in [-0.2, -0.15) is 5.26 Å². The molecule has 0 unspecified atom stereocenters. The molecule has 0 radical (unpaired) electrons. The molecule has 0 saturated carbocycles. The molecule has 0 spiro atoms. The molecule has 0 aliphatic carbocycles. The van der Waals surface area contributed by atoms with Crippen LogP contribution in [0.4, 0.5) is 0 Å². The molecule has 8 nitrogen and oxygen atoms in total. The zero-order chi connectivity index (χ0) is 23.0. The van der Waals surface area contributed by atoms with Gasteiger partial charge in [0.15, 0.2) is 0 Å². The average Bonchev–Trinajstić information content (AvgIpc) is 3.29. The molecule has 1 N–H and O–H groups in total. The summed E-state index contributed by atoms with van der Waals surface area (Å²) in [6.07, 6.45) is 3.38. The van der Waals surface area contributed by atoms with Crippen molar-refractivity contribution in [1.82, 2.24) is 30.5 Å². The van der Waals surface area contributed by atoms with Gasteiger partial charge in [0, 0.05) is 39.2 Å². The fourth-order valence-electron chi connectivity index (χ4n) is 3.64. The number of nitrogens with zero attached hydrogens (tertiary/aromatic N) is 6. The molecular weight excluding hydrogens is 414 g/mol. The van der Waals surface area contributed by atoms with Crippen LogP contribution in [0.1, 0.15) is 39.6 Å². The van der Waals surface area contributed by atoms with E-state index in [4.69, 9.17) is 9.40 Å². The minimum absolute atomic E-state index is 0. The second-order valence-corrected chi connectivity index (χ2v) is 8.75. The van der Waals surface area contributed by atoms with Crippen LogP contribution in [0.15, 0.2) is 53.2 Å². The van der Waals surface area contributed by atoms with Crippen LogP contribution in [0.5, 0.6) is 0 Å². The highest BCUT2D eigenvalue weighted by Gasteiger charge is 2.23. The predicted octanol–water partition coefficient (Wildman–Crippen LogP) is 4.54. The Morgan fingerprint density at radius 2 is 1.82 bits per heavy atom. The van der Waals surface area contributed by atoms with E-state index in [9.17, 15) is 5.26 Å². The molecule has 1 aliphatic heterocycles. The average molecular weight is 442 g/mol. The van der Waals surface area contributed by atoms with E-state index in [0.717, 1.165) is 24.2 Å². The summed E-state index contributed by atoms with van der Waals surface area (Å²) in [7, 11) is 0. The van der Waals surface area contributed by atoms with Gasteiger partial charge in [-0.05, 0) is 50.6 Å². The Kier molecular flexibility index (Phi) is 5.19. The van der Waals surface area contributed by atoms with Gasteiger partial charge in [0.2, 0.25) is 5.89 Å². The molecule has 8 heteroatoms. The van der Waals surface area contributed by atoms with Crippen LogP contribution in [0.25, 0.3) is 34.3 Å². The maximum absolute atomic E-state index is 9.44. The Hall–Kier alpha value is -3.96. The van der Waals surface area contributed by atoms with Crippen molar-refractivity contribution in [3.8, 4) is 40.4 Å². The number of pyridine rings is 1. The van der Waals surface area contributed by atoms with E-state index < -0.39 is 5.41 Å². The molecule has 1 aliphatic rings. The van der Waals surface area contributed by atoms with Crippen LogP contribution >= 0.6 is 0 Å². The Morgan fingerprint density at radius 1 is 1.06 bits per heavy atom. The molecule has 168 valence electrons. The monoisotopic (exact) mass is 441 g/mol. The summed E-state index contributed by atoms with van der Waals surface area (Å²) in [6.45, 7) is 7.56. The smallest absolute Gasteiger partial charge is 0.268 e. The lowest BCUT2D eigenvalue weighted by Gasteiger charge is -2.27. The highest BCUT2D eigenvalue weighted by molar-refractivity contribution is 5.64. The van der Waals surface area contributed by atoms with Crippen molar-refractivity contribution in [3.05, 3.63) is 65.7 Å². The van der Waals surface area contributed by atoms with Gasteiger partial charge in [-0.25, -0.2) is 4.98 Å². The highest BCUT2D eigenvalue weighted by atomic mass is 16.4. The van der Waals surface area contributed by atoms with E-state index in [1.54, 1.807) is 12.4 Å². The van der Waals surface area contributed by atoms with Crippen LogP contribution in [0, 0.1) is 18.3 Å². The second kappa shape index (κ2) is 8.19. The first-order chi connectivity index (χ1) is 15.9. The first-order valence-corrected chi connectivity index (χ1v) is 10.8. The van der Waals surface area contributed by atoms with Gasteiger partial charge in [0.1, 0.15) is 5.69 Å². The molecule has 33 heavy (non-hydrogen) atoms. The normalized spacial score (nSPS) is 14.0. The lowest BCUT2D eigenvalue weighted by atomic mass is 9.90. The standard InChI is InChI=1S/C25H23N7O.2H2/c1-15-22(30-20(13-29-15)18-8-9-28-21(10-18)25(2,3)14-26)24-32-31-23(33-24)17-6-4-16(5-7-17)19-11-27-12-19;;/h4-10,13,19,27H,11-12H2,1-3H3;2*1H. The van der Waals surface area contributed by atoms with Crippen LogP contribution in [-0.2, 0) is 5.41 Å². The van der Waals surface area contributed by atoms with Gasteiger partial charge in [0.05, 0.1) is 34.8 Å². The van der Waals surface area contributed by atoms with Crippen LogP contribution in [-0.4, -0.2) is 38.2 Å². The van der Waals surface area contributed by atoms with E-state index in [2.05, 4.69) is 43.7 Å². The first-order valence-electron chi connectivity index (χ1n) is 10.8. The van der Waals surface area contributed by atoms with E-state index in [1.807, 2.05) is 45.0 Å². The number of nitriles is 1. The fourth-order valence-corrected chi connectivity index (χ4v) is 3.64. The largest absolute Gasteiger partial charge is 0.415 e. The highest BCUT2D eigenvalue weighted by Crippen LogP contribution is 2.29. The predicted molar refractivity (Wildman–Crippen MR) is 127 cm³/mol. The zero-order valence-electron chi connectivity index (χ0n) is 18.7.